The minimum Gasteiger partial charge on any atom is -0.448 e. The second-order valence-corrected chi connectivity index (χ2v) is 13.5. The standard InChI is InChI=1S/C30H40ClN3O4S/c1-23-21-32(26-11-6-3-7-12-26)19-20-33(23)30(35)38-22-27-13-8-14-29(24-9-4-2-5-10-24)34(27)39(36,37)28-17-15-25(31)16-18-28/h2,4-5,9-10,15-18,23,26-27,29H,3,6-8,11-14,19-22H2,1H3/t23-,27-,29+/m1/s1. The molecular formula is C30H40ClN3O4S. The lowest BCUT2D eigenvalue weighted by atomic mass is 9.93. The smallest absolute Gasteiger partial charge is 0.410 e. The van der Waals surface area contributed by atoms with Crippen LogP contribution < -0.4 is 0 Å². The molecule has 5 rings (SSSR count). The molecule has 2 saturated heterocycles. The van der Waals surface area contributed by atoms with E-state index in [-0.39, 0.29) is 29.7 Å². The van der Waals surface area contributed by atoms with E-state index in [0.717, 1.165) is 25.1 Å². The van der Waals surface area contributed by atoms with Gasteiger partial charge in [0.25, 0.3) is 0 Å². The van der Waals surface area contributed by atoms with Gasteiger partial charge in [0.15, 0.2) is 0 Å². The summed E-state index contributed by atoms with van der Waals surface area (Å²) in [5.74, 6) is 0. The minimum atomic E-state index is -3.87. The van der Waals surface area contributed by atoms with E-state index in [0.29, 0.717) is 30.5 Å². The van der Waals surface area contributed by atoms with Crippen molar-refractivity contribution in [1.29, 1.82) is 0 Å². The first-order chi connectivity index (χ1) is 18.8. The molecule has 1 amide bonds. The molecule has 3 aliphatic rings. The lowest BCUT2D eigenvalue weighted by molar-refractivity contribution is 0.0185. The van der Waals surface area contributed by atoms with Crippen LogP contribution in [0.25, 0.3) is 0 Å². The number of rotatable bonds is 6. The molecule has 2 aliphatic heterocycles. The second-order valence-electron chi connectivity index (χ2n) is 11.2. The van der Waals surface area contributed by atoms with Crippen LogP contribution in [0.2, 0.25) is 5.02 Å². The zero-order valence-corrected chi connectivity index (χ0v) is 24.3. The fraction of sp³-hybridized carbons (Fsp3) is 0.567. The molecule has 0 N–H and O–H groups in total. The summed E-state index contributed by atoms with van der Waals surface area (Å²) in [7, 11) is -3.87. The molecule has 3 fully saturated rings. The lowest BCUT2D eigenvalue weighted by Gasteiger charge is -2.44. The lowest BCUT2D eigenvalue weighted by Crippen LogP contribution is -2.57. The van der Waals surface area contributed by atoms with Crippen molar-refractivity contribution >= 4 is 27.7 Å². The number of sulfonamides is 1. The van der Waals surface area contributed by atoms with Gasteiger partial charge in [-0.15, -0.1) is 0 Å². The summed E-state index contributed by atoms with van der Waals surface area (Å²) in [5, 5.41) is 0.482. The number of carbonyl (C=O) groups is 1. The third kappa shape index (κ3) is 6.45. The number of carbonyl (C=O) groups excluding carboxylic acids is 1. The molecule has 0 spiro atoms. The highest BCUT2D eigenvalue weighted by Gasteiger charge is 2.42. The third-order valence-corrected chi connectivity index (χ3v) is 10.9. The maximum Gasteiger partial charge on any atom is 0.410 e. The van der Waals surface area contributed by atoms with Crippen molar-refractivity contribution in [2.75, 3.05) is 26.2 Å². The summed E-state index contributed by atoms with van der Waals surface area (Å²) in [6.45, 7) is 4.47. The molecule has 3 atom stereocenters. The highest BCUT2D eigenvalue weighted by atomic mass is 35.5. The van der Waals surface area contributed by atoms with Gasteiger partial charge in [0.2, 0.25) is 10.0 Å². The molecule has 0 aromatic heterocycles. The van der Waals surface area contributed by atoms with E-state index in [1.165, 1.54) is 32.1 Å². The Morgan fingerprint density at radius 1 is 0.923 bits per heavy atom. The Balaban J connectivity index is 1.30. The number of hydrogen-bond acceptors (Lipinski definition) is 5. The first kappa shape index (κ1) is 28.4. The van der Waals surface area contributed by atoms with Crippen LogP contribution in [0.5, 0.6) is 0 Å². The minimum absolute atomic E-state index is 0.0323. The number of benzene rings is 2. The highest BCUT2D eigenvalue weighted by molar-refractivity contribution is 7.89. The van der Waals surface area contributed by atoms with E-state index >= 15 is 0 Å². The number of halogens is 1. The quantitative estimate of drug-likeness (QED) is 0.417. The van der Waals surface area contributed by atoms with Crippen LogP contribution in [-0.4, -0.2) is 73.0 Å². The van der Waals surface area contributed by atoms with Crippen LogP contribution in [0.15, 0.2) is 59.5 Å². The van der Waals surface area contributed by atoms with Crippen molar-refractivity contribution in [3.63, 3.8) is 0 Å². The monoisotopic (exact) mass is 573 g/mol. The first-order valence-corrected chi connectivity index (χ1v) is 16.2. The van der Waals surface area contributed by atoms with Crippen molar-refractivity contribution in [2.45, 2.75) is 87.4 Å². The topological polar surface area (TPSA) is 70.2 Å². The SMILES string of the molecule is C[C@@H]1CN(C2CCCCC2)CCN1C(=O)OC[C@H]1CCC[C@@H](c2ccccc2)N1S(=O)(=O)c1ccc(Cl)cc1. The van der Waals surface area contributed by atoms with Gasteiger partial charge in [-0.1, -0.05) is 61.2 Å². The maximum absolute atomic E-state index is 14.0. The fourth-order valence-corrected chi connectivity index (χ4v) is 8.55. The van der Waals surface area contributed by atoms with Crippen LogP contribution >= 0.6 is 11.6 Å². The molecule has 39 heavy (non-hydrogen) atoms. The fourth-order valence-electron chi connectivity index (χ4n) is 6.58. The summed E-state index contributed by atoms with van der Waals surface area (Å²) >= 11 is 6.05. The van der Waals surface area contributed by atoms with E-state index in [4.69, 9.17) is 16.3 Å². The van der Waals surface area contributed by atoms with Gasteiger partial charge in [0.1, 0.15) is 6.61 Å². The summed E-state index contributed by atoms with van der Waals surface area (Å²) in [6, 6.07) is 15.9. The molecule has 0 radical (unpaired) electrons. The van der Waals surface area contributed by atoms with E-state index in [9.17, 15) is 13.2 Å². The van der Waals surface area contributed by atoms with Gasteiger partial charge in [-0.2, -0.15) is 4.31 Å². The first-order valence-electron chi connectivity index (χ1n) is 14.4. The Hall–Kier alpha value is -2.13. The van der Waals surface area contributed by atoms with Gasteiger partial charge in [-0.25, -0.2) is 13.2 Å². The van der Waals surface area contributed by atoms with Crippen molar-refractivity contribution in [3.05, 3.63) is 65.2 Å². The Kier molecular flexibility index (Phi) is 9.16. The van der Waals surface area contributed by atoms with Crippen LogP contribution in [-0.2, 0) is 14.8 Å². The zero-order valence-electron chi connectivity index (χ0n) is 22.8. The number of piperazine rings is 1. The molecule has 0 bridgehead atoms. The van der Waals surface area contributed by atoms with Crippen LogP contribution in [0.3, 0.4) is 0 Å². The summed E-state index contributed by atoms with van der Waals surface area (Å²) in [4.78, 5) is 17.8. The average Bonchev–Trinajstić information content (AvgIpc) is 2.96. The molecule has 7 nitrogen and oxygen atoms in total. The summed E-state index contributed by atoms with van der Waals surface area (Å²) < 4.78 is 35.5. The Bertz CT molecular complexity index is 1200. The van der Waals surface area contributed by atoms with Crippen LogP contribution in [0.1, 0.15) is 69.9 Å². The van der Waals surface area contributed by atoms with E-state index in [2.05, 4.69) is 11.8 Å². The van der Waals surface area contributed by atoms with Crippen molar-refractivity contribution in [3.8, 4) is 0 Å². The van der Waals surface area contributed by atoms with Crippen molar-refractivity contribution < 1.29 is 17.9 Å². The van der Waals surface area contributed by atoms with Gasteiger partial charge >= 0.3 is 6.09 Å². The molecule has 2 heterocycles. The predicted octanol–water partition coefficient (Wildman–Crippen LogP) is 6.10. The van der Waals surface area contributed by atoms with Crippen molar-refractivity contribution in [1.82, 2.24) is 14.1 Å². The Morgan fingerprint density at radius 3 is 2.33 bits per heavy atom. The number of hydrogen-bond donors (Lipinski definition) is 0. The largest absolute Gasteiger partial charge is 0.448 e. The van der Waals surface area contributed by atoms with Gasteiger partial charge in [-0.05, 0) is 68.9 Å². The van der Waals surface area contributed by atoms with E-state index in [1.807, 2.05) is 35.2 Å². The van der Waals surface area contributed by atoms with Gasteiger partial charge < -0.3 is 9.64 Å². The molecule has 9 heteroatoms. The Labute approximate surface area is 238 Å². The van der Waals surface area contributed by atoms with Gasteiger partial charge in [0.05, 0.1) is 17.0 Å². The third-order valence-electron chi connectivity index (χ3n) is 8.64. The van der Waals surface area contributed by atoms with E-state index in [1.54, 1.807) is 28.6 Å². The van der Waals surface area contributed by atoms with Gasteiger partial charge in [-0.3, -0.25) is 4.90 Å². The summed E-state index contributed by atoms with van der Waals surface area (Å²) in [5.41, 5.74) is 0.943. The molecule has 1 aliphatic carbocycles. The van der Waals surface area contributed by atoms with E-state index < -0.39 is 16.1 Å². The highest BCUT2D eigenvalue weighted by Crippen LogP contribution is 2.39. The molecule has 0 unspecified atom stereocenters. The maximum atomic E-state index is 14.0. The molecule has 1 saturated carbocycles. The molecule has 2 aromatic carbocycles. The normalized spacial score (nSPS) is 25.9. The average molecular weight is 574 g/mol. The van der Waals surface area contributed by atoms with Gasteiger partial charge in [0, 0.05) is 36.7 Å². The number of amides is 1. The molecule has 2 aromatic rings. The zero-order chi connectivity index (χ0) is 27.4. The van der Waals surface area contributed by atoms with Crippen LogP contribution in [0.4, 0.5) is 4.79 Å². The van der Waals surface area contributed by atoms with Crippen LogP contribution in [0, 0.1) is 0 Å². The number of nitrogens with zero attached hydrogens (tertiary/aromatic N) is 3. The predicted molar refractivity (Wildman–Crippen MR) is 153 cm³/mol. The van der Waals surface area contributed by atoms with Crippen molar-refractivity contribution in [2.24, 2.45) is 0 Å². The second kappa shape index (κ2) is 12.6. The Morgan fingerprint density at radius 2 is 1.64 bits per heavy atom. The molecule has 212 valence electrons. The molecular weight excluding hydrogens is 534 g/mol. The summed E-state index contributed by atoms with van der Waals surface area (Å²) in [6.07, 6.45) is 8.26. The number of piperidine rings is 1. The number of ether oxygens (including phenoxy) is 1.